The number of hydrogen-bond donors (Lipinski definition) is 1. The number of halogens is 1. The minimum Gasteiger partial charge on any atom is -0.332 e. The van der Waals surface area contributed by atoms with E-state index in [4.69, 9.17) is 0 Å². The molecule has 1 saturated heterocycles. The Bertz CT molecular complexity index is 728. The molecule has 27 heavy (non-hydrogen) atoms. The van der Waals surface area contributed by atoms with Gasteiger partial charge < -0.3 is 10.2 Å². The number of anilines is 1. The average molecular weight is 372 g/mol. The fourth-order valence-electron chi connectivity index (χ4n) is 3.61. The Morgan fingerprint density at radius 3 is 2.41 bits per heavy atom. The molecule has 0 unspecified atom stereocenters. The molecule has 0 aliphatic carbocycles. The third-order valence-corrected chi connectivity index (χ3v) is 5.19. The number of aromatic amines is 1. The van der Waals surface area contributed by atoms with Crippen molar-refractivity contribution in [3.63, 3.8) is 0 Å². The highest BCUT2D eigenvalue weighted by molar-refractivity contribution is 5.77. The number of piperazine rings is 1. The maximum absolute atomic E-state index is 13.2. The molecule has 1 atom stereocenters. The summed E-state index contributed by atoms with van der Waals surface area (Å²) in [4.78, 5) is 20.1. The normalized spacial score (nSPS) is 15.9. The molecule has 0 saturated carbocycles. The number of carbonyl (C=O) groups is 1. The first kappa shape index (κ1) is 19.3. The maximum atomic E-state index is 13.2. The van der Waals surface area contributed by atoms with E-state index in [-0.39, 0.29) is 17.8 Å². The van der Waals surface area contributed by atoms with Crippen LogP contribution >= 0.6 is 0 Å². The highest BCUT2D eigenvalue weighted by Gasteiger charge is 2.28. The van der Waals surface area contributed by atoms with E-state index in [9.17, 15) is 9.18 Å². The molecule has 1 amide bonds. The van der Waals surface area contributed by atoms with Crippen molar-refractivity contribution in [3.05, 3.63) is 60.0 Å². The lowest BCUT2D eigenvalue weighted by molar-refractivity contribution is -0.692. The molecule has 6 heteroatoms. The number of carbonyl (C=O) groups excluding carboxylic acids is 1. The van der Waals surface area contributed by atoms with Crippen LogP contribution in [0.2, 0.25) is 0 Å². The molecule has 0 radical (unpaired) electrons. The van der Waals surface area contributed by atoms with Gasteiger partial charge in [0.2, 0.25) is 0 Å². The molecule has 2 heterocycles. The van der Waals surface area contributed by atoms with E-state index in [1.165, 1.54) is 12.1 Å². The van der Waals surface area contributed by atoms with E-state index in [1.807, 2.05) is 35.4 Å². The summed E-state index contributed by atoms with van der Waals surface area (Å²) >= 11 is 0. The largest absolute Gasteiger partial charge is 0.332 e. The van der Waals surface area contributed by atoms with Gasteiger partial charge in [-0.15, -0.1) is 0 Å². The molecule has 1 aromatic carbocycles. The van der Waals surface area contributed by atoms with E-state index in [0.29, 0.717) is 12.5 Å². The number of benzene rings is 1. The molecule has 2 aromatic rings. The van der Waals surface area contributed by atoms with Crippen molar-refractivity contribution in [3.8, 4) is 0 Å². The number of hydrogen-bond acceptors (Lipinski definition) is 2. The SMILES string of the molecule is CC(C)[C@H]([NH2+]CC(=O)N1CCN(c2cccc[nH+]2)CC1)c1ccc(F)cc1. The Labute approximate surface area is 160 Å². The zero-order valence-corrected chi connectivity index (χ0v) is 16.1. The highest BCUT2D eigenvalue weighted by atomic mass is 19.1. The van der Waals surface area contributed by atoms with Crippen molar-refractivity contribution in [1.82, 2.24) is 4.90 Å². The smallest absolute Gasteiger partial charge is 0.277 e. The molecule has 3 N–H and O–H groups in total. The van der Waals surface area contributed by atoms with E-state index < -0.39 is 0 Å². The van der Waals surface area contributed by atoms with Gasteiger partial charge in [-0.3, -0.25) is 9.69 Å². The summed E-state index contributed by atoms with van der Waals surface area (Å²) in [5, 5.41) is 2.08. The van der Waals surface area contributed by atoms with Gasteiger partial charge in [0.05, 0.1) is 19.3 Å². The number of nitrogens with zero attached hydrogens (tertiary/aromatic N) is 2. The Morgan fingerprint density at radius 2 is 1.81 bits per heavy atom. The Morgan fingerprint density at radius 1 is 1.11 bits per heavy atom. The van der Waals surface area contributed by atoms with Crippen molar-refractivity contribution < 1.29 is 19.5 Å². The van der Waals surface area contributed by atoms with E-state index in [0.717, 1.165) is 37.6 Å². The number of aromatic nitrogens is 1. The van der Waals surface area contributed by atoms with Gasteiger partial charge >= 0.3 is 0 Å². The average Bonchev–Trinajstić information content (AvgIpc) is 2.70. The summed E-state index contributed by atoms with van der Waals surface area (Å²) in [6.07, 6.45) is 1.92. The standard InChI is InChI=1S/C21H27FN4O/c1-16(2)21(17-6-8-18(22)9-7-17)24-15-20(27)26-13-11-25(12-14-26)19-5-3-4-10-23-19/h3-10,16,21,24H,11-15H2,1-2H3/p+2/t21-/m0/s1. The van der Waals surface area contributed by atoms with Crippen LogP contribution < -0.4 is 15.2 Å². The molecule has 1 aromatic heterocycles. The molecule has 1 aliphatic heterocycles. The van der Waals surface area contributed by atoms with Crippen molar-refractivity contribution in [2.45, 2.75) is 19.9 Å². The molecule has 144 valence electrons. The van der Waals surface area contributed by atoms with Gasteiger partial charge in [0.1, 0.15) is 24.9 Å². The minimum absolute atomic E-state index is 0.148. The van der Waals surface area contributed by atoms with Gasteiger partial charge in [0.15, 0.2) is 6.54 Å². The molecule has 1 aliphatic rings. The van der Waals surface area contributed by atoms with Gasteiger partial charge in [-0.2, -0.15) is 0 Å². The molecule has 0 spiro atoms. The molecular formula is C21H29FN4O+2. The molecule has 3 rings (SSSR count). The number of nitrogens with two attached hydrogens (primary N) is 1. The highest BCUT2D eigenvalue weighted by Crippen LogP contribution is 2.18. The zero-order valence-electron chi connectivity index (χ0n) is 16.1. The van der Waals surface area contributed by atoms with Gasteiger partial charge in [-0.05, 0) is 18.2 Å². The van der Waals surface area contributed by atoms with Crippen LogP contribution in [0, 0.1) is 11.7 Å². The van der Waals surface area contributed by atoms with Gasteiger partial charge in [0.25, 0.3) is 11.7 Å². The van der Waals surface area contributed by atoms with E-state index in [1.54, 1.807) is 0 Å². The lowest BCUT2D eigenvalue weighted by Gasteiger charge is -2.31. The van der Waals surface area contributed by atoms with E-state index >= 15 is 0 Å². The van der Waals surface area contributed by atoms with Crippen LogP contribution in [0.4, 0.5) is 10.2 Å². The first-order valence-electron chi connectivity index (χ1n) is 9.63. The second kappa shape index (κ2) is 8.95. The lowest BCUT2D eigenvalue weighted by atomic mass is 9.96. The third-order valence-electron chi connectivity index (χ3n) is 5.19. The fraction of sp³-hybridized carbons (Fsp3) is 0.429. The monoisotopic (exact) mass is 372 g/mol. The number of amides is 1. The quantitative estimate of drug-likeness (QED) is 0.830. The number of quaternary nitrogens is 1. The summed E-state index contributed by atoms with van der Waals surface area (Å²) in [5.41, 5.74) is 1.06. The maximum Gasteiger partial charge on any atom is 0.277 e. The van der Waals surface area contributed by atoms with E-state index in [2.05, 4.69) is 35.1 Å². The zero-order chi connectivity index (χ0) is 19.2. The van der Waals surface area contributed by atoms with Crippen LogP contribution in [0.15, 0.2) is 48.7 Å². The second-order valence-electron chi connectivity index (χ2n) is 7.38. The predicted octanol–water partition coefficient (Wildman–Crippen LogP) is 1.25. The molecular weight excluding hydrogens is 343 g/mol. The third kappa shape index (κ3) is 5.04. The minimum atomic E-state index is -0.231. The topological polar surface area (TPSA) is 54.3 Å². The lowest BCUT2D eigenvalue weighted by Crippen LogP contribution is -2.88. The van der Waals surface area contributed by atoms with Crippen LogP contribution in [0.25, 0.3) is 0 Å². The van der Waals surface area contributed by atoms with Crippen LogP contribution in [-0.4, -0.2) is 43.5 Å². The summed E-state index contributed by atoms with van der Waals surface area (Å²) < 4.78 is 13.2. The Kier molecular flexibility index (Phi) is 6.40. The van der Waals surface area contributed by atoms with Crippen LogP contribution in [-0.2, 0) is 4.79 Å². The fourth-order valence-corrected chi connectivity index (χ4v) is 3.61. The first-order chi connectivity index (χ1) is 13.0. The number of rotatable bonds is 6. The number of pyridine rings is 1. The number of nitrogens with one attached hydrogen (secondary N) is 1. The van der Waals surface area contributed by atoms with Crippen LogP contribution in [0.1, 0.15) is 25.5 Å². The van der Waals surface area contributed by atoms with Crippen molar-refractivity contribution >= 4 is 11.7 Å². The Balaban J connectivity index is 1.52. The van der Waals surface area contributed by atoms with Crippen molar-refractivity contribution in [2.75, 3.05) is 37.6 Å². The van der Waals surface area contributed by atoms with Crippen LogP contribution in [0.5, 0.6) is 0 Å². The van der Waals surface area contributed by atoms with Crippen LogP contribution in [0.3, 0.4) is 0 Å². The molecule has 1 fully saturated rings. The van der Waals surface area contributed by atoms with Gasteiger partial charge in [-0.1, -0.05) is 32.0 Å². The second-order valence-corrected chi connectivity index (χ2v) is 7.38. The summed E-state index contributed by atoms with van der Waals surface area (Å²) in [6.45, 7) is 7.80. The summed E-state index contributed by atoms with van der Waals surface area (Å²) in [6, 6.07) is 12.8. The molecule has 0 bridgehead atoms. The summed E-state index contributed by atoms with van der Waals surface area (Å²) in [5.74, 6) is 1.38. The van der Waals surface area contributed by atoms with Gasteiger partial charge in [0, 0.05) is 17.5 Å². The summed E-state index contributed by atoms with van der Waals surface area (Å²) in [7, 11) is 0. The Hall–Kier alpha value is -2.47. The first-order valence-corrected chi connectivity index (χ1v) is 9.63. The molecule has 5 nitrogen and oxygen atoms in total. The van der Waals surface area contributed by atoms with Crippen molar-refractivity contribution in [2.24, 2.45) is 5.92 Å². The van der Waals surface area contributed by atoms with Crippen molar-refractivity contribution in [1.29, 1.82) is 0 Å². The van der Waals surface area contributed by atoms with Gasteiger partial charge in [-0.25, -0.2) is 9.37 Å². The predicted molar refractivity (Wildman–Crippen MR) is 103 cm³/mol. The number of H-pyrrole nitrogens is 1.